The molecule has 3 aromatic rings. The van der Waals surface area contributed by atoms with Crippen LogP contribution < -0.4 is 15.7 Å². The van der Waals surface area contributed by atoms with Gasteiger partial charge in [0.15, 0.2) is 0 Å². The minimum absolute atomic E-state index is 0.270. The molecule has 0 unspecified atom stereocenters. The van der Waals surface area contributed by atoms with Crippen molar-refractivity contribution in [2.24, 2.45) is 5.10 Å². The molecule has 1 N–H and O–H groups in total. The normalized spacial score (nSPS) is 11.0. The standard InChI is InChI=1S/C17H13N3O3S/c21-15(19-18-10-12-6-2-1-3-7-12)11-20-13-8-4-5-9-14(13)24-17(23)16(20)22/h1-10H,11H2,(H,19,21)/b18-10+. The number of benzene rings is 2. The highest BCUT2D eigenvalue weighted by Gasteiger charge is 2.11. The molecule has 0 radical (unpaired) electrons. The average Bonchev–Trinajstić information content (AvgIpc) is 2.60. The van der Waals surface area contributed by atoms with E-state index < -0.39 is 16.2 Å². The number of amides is 1. The van der Waals surface area contributed by atoms with E-state index in [1.165, 1.54) is 10.8 Å². The molecule has 1 aromatic heterocycles. The third kappa shape index (κ3) is 3.47. The summed E-state index contributed by atoms with van der Waals surface area (Å²) in [5.41, 5.74) is 3.04. The third-order valence-electron chi connectivity index (χ3n) is 3.28. The van der Waals surface area contributed by atoms with Crippen LogP contribution in [-0.4, -0.2) is 16.7 Å². The van der Waals surface area contributed by atoms with Gasteiger partial charge in [-0.2, -0.15) is 5.10 Å². The Balaban J connectivity index is 1.81. The van der Waals surface area contributed by atoms with Crippen LogP contribution in [0, 0.1) is 0 Å². The van der Waals surface area contributed by atoms with Crippen molar-refractivity contribution < 1.29 is 4.79 Å². The first-order chi connectivity index (χ1) is 11.6. The number of hydrogen-bond acceptors (Lipinski definition) is 5. The highest BCUT2D eigenvalue weighted by Crippen LogP contribution is 2.13. The minimum atomic E-state index is -0.708. The van der Waals surface area contributed by atoms with Gasteiger partial charge in [-0.15, -0.1) is 0 Å². The quantitative estimate of drug-likeness (QED) is 0.445. The number of aromatic nitrogens is 1. The van der Waals surface area contributed by atoms with Gasteiger partial charge in [0.2, 0.25) is 0 Å². The van der Waals surface area contributed by atoms with Crippen LogP contribution in [0.25, 0.3) is 10.2 Å². The summed E-state index contributed by atoms with van der Waals surface area (Å²) in [6.45, 7) is -0.270. The number of carbonyl (C=O) groups is 1. The van der Waals surface area contributed by atoms with Gasteiger partial charge in [0.05, 0.1) is 16.4 Å². The largest absolute Gasteiger partial charge is 0.310 e. The second-order valence-electron chi connectivity index (χ2n) is 4.95. The van der Waals surface area contributed by atoms with Crippen LogP contribution in [0.2, 0.25) is 0 Å². The summed E-state index contributed by atoms with van der Waals surface area (Å²) in [6, 6.07) is 16.2. The second-order valence-corrected chi connectivity index (χ2v) is 5.97. The van der Waals surface area contributed by atoms with Gasteiger partial charge < -0.3 is 0 Å². The van der Waals surface area contributed by atoms with Crippen molar-refractivity contribution in [2.45, 2.75) is 6.54 Å². The van der Waals surface area contributed by atoms with Gasteiger partial charge in [0.1, 0.15) is 6.54 Å². The lowest BCUT2D eigenvalue weighted by molar-refractivity contribution is -0.121. The summed E-state index contributed by atoms with van der Waals surface area (Å²) in [7, 11) is 0. The lowest BCUT2D eigenvalue weighted by Crippen LogP contribution is -2.36. The van der Waals surface area contributed by atoms with E-state index in [0.717, 1.165) is 16.9 Å². The van der Waals surface area contributed by atoms with E-state index in [9.17, 15) is 14.4 Å². The Morgan fingerprint density at radius 2 is 1.79 bits per heavy atom. The third-order valence-corrected chi connectivity index (χ3v) is 4.21. The molecule has 3 rings (SSSR count). The number of para-hydroxylation sites is 1. The number of carbonyl (C=O) groups excluding carboxylic acids is 1. The highest BCUT2D eigenvalue weighted by molar-refractivity contribution is 7.16. The molecule has 7 heteroatoms. The number of nitrogens with zero attached hydrogens (tertiary/aromatic N) is 2. The van der Waals surface area contributed by atoms with Crippen molar-refractivity contribution >= 4 is 33.7 Å². The first kappa shape index (κ1) is 15.8. The maximum Gasteiger partial charge on any atom is 0.310 e. The first-order valence-corrected chi connectivity index (χ1v) is 7.96. The molecule has 0 atom stereocenters. The van der Waals surface area contributed by atoms with Crippen LogP contribution in [0.1, 0.15) is 5.56 Å². The van der Waals surface area contributed by atoms with Crippen molar-refractivity contribution in [3.8, 4) is 0 Å². The summed E-state index contributed by atoms with van der Waals surface area (Å²) >= 11 is 0.875. The summed E-state index contributed by atoms with van der Waals surface area (Å²) in [5.74, 6) is -0.481. The lowest BCUT2D eigenvalue weighted by Gasteiger charge is -2.07. The van der Waals surface area contributed by atoms with Crippen molar-refractivity contribution in [1.82, 2.24) is 9.99 Å². The second kappa shape index (κ2) is 7.01. The average molecular weight is 339 g/mol. The van der Waals surface area contributed by atoms with Crippen LogP contribution in [0.5, 0.6) is 0 Å². The smallest absolute Gasteiger partial charge is 0.294 e. The molecule has 0 fully saturated rings. The molecule has 0 aliphatic rings. The molecule has 0 bridgehead atoms. The Kier molecular flexibility index (Phi) is 4.62. The molecule has 0 aliphatic heterocycles. The molecule has 24 heavy (non-hydrogen) atoms. The molecule has 0 aliphatic carbocycles. The molecule has 6 nitrogen and oxygen atoms in total. The van der Waals surface area contributed by atoms with Crippen LogP contribution in [0.3, 0.4) is 0 Å². The maximum atomic E-state index is 12.1. The van der Waals surface area contributed by atoms with E-state index in [2.05, 4.69) is 10.5 Å². The minimum Gasteiger partial charge on any atom is -0.294 e. The summed E-state index contributed by atoms with van der Waals surface area (Å²) in [6.07, 6.45) is 1.50. The van der Waals surface area contributed by atoms with E-state index in [4.69, 9.17) is 0 Å². The van der Waals surface area contributed by atoms with Gasteiger partial charge in [-0.3, -0.25) is 19.0 Å². The van der Waals surface area contributed by atoms with Gasteiger partial charge in [0.25, 0.3) is 10.6 Å². The van der Waals surface area contributed by atoms with Gasteiger partial charge in [0, 0.05) is 0 Å². The zero-order chi connectivity index (χ0) is 16.9. The van der Waals surface area contributed by atoms with Gasteiger partial charge in [-0.1, -0.05) is 53.8 Å². The fraction of sp³-hybridized carbons (Fsp3) is 0.0588. The molecule has 0 saturated carbocycles. The van der Waals surface area contributed by atoms with Crippen molar-refractivity contribution in [1.29, 1.82) is 0 Å². The van der Waals surface area contributed by atoms with Gasteiger partial charge >= 0.3 is 5.56 Å². The highest BCUT2D eigenvalue weighted by atomic mass is 32.1. The summed E-state index contributed by atoms with van der Waals surface area (Å²) < 4.78 is 1.22. The Bertz CT molecular complexity index is 1020. The molecular weight excluding hydrogens is 326 g/mol. The lowest BCUT2D eigenvalue weighted by atomic mass is 10.2. The summed E-state index contributed by atoms with van der Waals surface area (Å²) in [4.78, 5) is 35.8. The Morgan fingerprint density at radius 1 is 1.08 bits per heavy atom. The Morgan fingerprint density at radius 3 is 2.58 bits per heavy atom. The molecule has 1 heterocycles. The van der Waals surface area contributed by atoms with Crippen LogP contribution >= 0.6 is 11.3 Å². The first-order valence-electron chi connectivity index (χ1n) is 7.15. The SMILES string of the molecule is O=C(Cn1c(=O)c(=O)sc2ccccc21)N/N=C/c1ccccc1. The topological polar surface area (TPSA) is 80.5 Å². The van der Waals surface area contributed by atoms with Crippen molar-refractivity contribution in [3.63, 3.8) is 0 Å². The van der Waals surface area contributed by atoms with E-state index in [1.807, 2.05) is 30.3 Å². The zero-order valence-electron chi connectivity index (χ0n) is 12.5. The Hall–Kier alpha value is -3.06. The maximum absolute atomic E-state index is 12.1. The zero-order valence-corrected chi connectivity index (χ0v) is 13.3. The van der Waals surface area contributed by atoms with E-state index in [0.29, 0.717) is 10.2 Å². The number of fused-ring (bicyclic) bond motifs is 1. The number of nitrogens with one attached hydrogen (secondary N) is 1. The van der Waals surface area contributed by atoms with E-state index >= 15 is 0 Å². The van der Waals surface area contributed by atoms with Crippen LogP contribution in [0.15, 0.2) is 69.3 Å². The van der Waals surface area contributed by atoms with E-state index in [1.54, 1.807) is 24.3 Å². The number of hydrazone groups is 1. The van der Waals surface area contributed by atoms with Crippen LogP contribution in [0.4, 0.5) is 0 Å². The Labute approximate surface area is 140 Å². The molecule has 0 spiro atoms. The van der Waals surface area contributed by atoms with Gasteiger partial charge in [-0.05, 0) is 17.7 Å². The summed E-state index contributed by atoms with van der Waals surface area (Å²) in [5, 5.41) is 3.85. The molecule has 2 aromatic carbocycles. The van der Waals surface area contributed by atoms with E-state index in [-0.39, 0.29) is 6.54 Å². The predicted octanol–water partition coefficient (Wildman–Crippen LogP) is 1.57. The molecule has 1 amide bonds. The fourth-order valence-electron chi connectivity index (χ4n) is 2.18. The fourth-order valence-corrected chi connectivity index (χ4v) is 3.01. The number of hydrogen-bond donors (Lipinski definition) is 1. The van der Waals surface area contributed by atoms with Gasteiger partial charge in [-0.25, -0.2) is 5.43 Å². The molecule has 0 saturated heterocycles. The monoisotopic (exact) mass is 339 g/mol. The molecule has 120 valence electrons. The number of rotatable bonds is 4. The predicted molar refractivity (Wildman–Crippen MR) is 94.5 cm³/mol. The van der Waals surface area contributed by atoms with Crippen LogP contribution in [-0.2, 0) is 11.3 Å². The van der Waals surface area contributed by atoms with Crippen molar-refractivity contribution in [2.75, 3.05) is 0 Å². The van der Waals surface area contributed by atoms with Crippen molar-refractivity contribution in [3.05, 3.63) is 80.1 Å². The molecular formula is C17H13N3O3S.